The number of H-pyrrole nitrogens is 2. The van der Waals surface area contributed by atoms with E-state index in [2.05, 4.69) is 25.3 Å². The van der Waals surface area contributed by atoms with Crippen molar-refractivity contribution in [1.29, 1.82) is 0 Å². The van der Waals surface area contributed by atoms with E-state index >= 15 is 0 Å². The normalized spacial score (nSPS) is 11.3. The number of carbonyl (C=O) groups is 1. The molecule has 0 bridgehead atoms. The van der Waals surface area contributed by atoms with Crippen molar-refractivity contribution in [2.24, 2.45) is 0 Å². The minimum Gasteiger partial charge on any atom is -0.359 e. The van der Waals surface area contributed by atoms with Crippen molar-refractivity contribution in [2.45, 2.75) is 13.3 Å². The fourth-order valence-corrected chi connectivity index (χ4v) is 4.62. The van der Waals surface area contributed by atoms with Gasteiger partial charge in [0.1, 0.15) is 17.0 Å². The molecule has 0 atom stereocenters. The molecule has 0 aliphatic carbocycles. The monoisotopic (exact) mass is 465 g/mol. The highest BCUT2D eigenvalue weighted by atomic mass is 32.1. The number of imidazole rings is 1. The van der Waals surface area contributed by atoms with E-state index in [0.29, 0.717) is 12.1 Å². The Morgan fingerprint density at radius 3 is 2.88 bits per heavy atom. The second kappa shape index (κ2) is 8.20. The first kappa shape index (κ1) is 20.3. The number of nitrogens with zero attached hydrogens (tertiary/aromatic N) is 4. The Balaban J connectivity index is 1.43. The molecule has 6 rings (SSSR count). The number of hydrogen-bond donors (Lipinski definition) is 3. The first-order valence-electron chi connectivity index (χ1n) is 10.8. The highest BCUT2D eigenvalue weighted by Gasteiger charge is 2.16. The second-order valence-corrected chi connectivity index (χ2v) is 8.73. The Morgan fingerprint density at radius 1 is 1.09 bits per heavy atom. The minimum absolute atomic E-state index is 0.0587. The lowest BCUT2D eigenvalue weighted by molar-refractivity contribution is -0.115. The number of thiophene rings is 1. The third-order valence-corrected chi connectivity index (χ3v) is 6.45. The fourth-order valence-electron chi connectivity index (χ4n) is 3.89. The third kappa shape index (κ3) is 3.52. The highest BCUT2D eigenvalue weighted by molar-refractivity contribution is 7.13. The summed E-state index contributed by atoms with van der Waals surface area (Å²) >= 11 is 1.64. The number of rotatable bonds is 5. The summed E-state index contributed by atoms with van der Waals surface area (Å²) in [5, 5.41) is 4.88. The largest absolute Gasteiger partial charge is 0.359 e. The molecule has 0 aliphatic rings. The molecule has 0 unspecified atom stereocenters. The fraction of sp³-hybridized carbons (Fsp3) is 0.0800. The molecule has 1 amide bonds. The van der Waals surface area contributed by atoms with Gasteiger partial charge in [-0.05, 0) is 35.7 Å². The molecule has 0 spiro atoms. The van der Waals surface area contributed by atoms with Crippen molar-refractivity contribution >= 4 is 45.0 Å². The average Bonchev–Trinajstić information content (AvgIpc) is 3.62. The Labute approximate surface area is 198 Å². The number of fused-ring (bicyclic) bond motifs is 2. The van der Waals surface area contributed by atoms with Crippen LogP contribution >= 0.6 is 11.3 Å². The summed E-state index contributed by atoms with van der Waals surface area (Å²) in [7, 11) is 0. The van der Waals surface area contributed by atoms with Crippen LogP contribution in [-0.4, -0.2) is 35.8 Å². The summed E-state index contributed by atoms with van der Waals surface area (Å²) in [6, 6.07) is 11.8. The van der Waals surface area contributed by atoms with E-state index in [1.54, 1.807) is 29.9 Å². The van der Waals surface area contributed by atoms with Crippen LogP contribution in [0.15, 0.2) is 66.6 Å². The number of aromatic amines is 2. The van der Waals surface area contributed by atoms with Crippen LogP contribution in [0.1, 0.15) is 13.3 Å². The van der Waals surface area contributed by atoms with Gasteiger partial charge in [-0.15, -0.1) is 11.3 Å². The van der Waals surface area contributed by atoms with E-state index in [9.17, 15) is 4.79 Å². The van der Waals surface area contributed by atoms with Gasteiger partial charge in [-0.25, -0.2) is 9.97 Å². The van der Waals surface area contributed by atoms with Gasteiger partial charge in [0.05, 0.1) is 44.6 Å². The summed E-state index contributed by atoms with van der Waals surface area (Å²) in [5.41, 5.74) is 7.39. The zero-order valence-electron chi connectivity index (χ0n) is 18.2. The molecule has 166 valence electrons. The van der Waals surface area contributed by atoms with Crippen molar-refractivity contribution in [2.75, 3.05) is 5.32 Å². The van der Waals surface area contributed by atoms with Gasteiger partial charge in [0.15, 0.2) is 0 Å². The SMILES string of the molecule is CCC(=O)Nc1cncc(-c2ccc3[nH]cc(-c4nc5c(-c6cccs6)nccc5[nH]4)c3n2)c1. The van der Waals surface area contributed by atoms with Gasteiger partial charge in [-0.3, -0.25) is 14.8 Å². The lowest BCUT2D eigenvalue weighted by Crippen LogP contribution is -2.09. The average molecular weight is 466 g/mol. The molecule has 0 aromatic carbocycles. The van der Waals surface area contributed by atoms with E-state index < -0.39 is 0 Å². The molecule has 0 fully saturated rings. The Hall–Kier alpha value is -4.37. The Kier molecular flexibility index (Phi) is 4.88. The molecule has 34 heavy (non-hydrogen) atoms. The zero-order chi connectivity index (χ0) is 23.1. The highest BCUT2D eigenvalue weighted by Crippen LogP contribution is 2.33. The minimum atomic E-state index is -0.0587. The molecule has 0 aliphatic heterocycles. The van der Waals surface area contributed by atoms with Crippen LogP contribution in [-0.2, 0) is 4.79 Å². The summed E-state index contributed by atoms with van der Waals surface area (Å²) in [5.74, 6) is 0.662. The van der Waals surface area contributed by atoms with Gasteiger partial charge in [-0.2, -0.15) is 0 Å². The van der Waals surface area contributed by atoms with Crippen molar-refractivity contribution in [3.05, 3.63) is 66.6 Å². The summed E-state index contributed by atoms with van der Waals surface area (Å²) < 4.78 is 0. The molecule has 6 aromatic heterocycles. The van der Waals surface area contributed by atoms with Crippen LogP contribution in [0.2, 0.25) is 0 Å². The molecular formula is C25H19N7OS. The summed E-state index contributed by atoms with van der Waals surface area (Å²) in [6.45, 7) is 1.81. The van der Waals surface area contributed by atoms with Crippen molar-refractivity contribution in [3.63, 3.8) is 0 Å². The molecule has 0 saturated carbocycles. The number of amides is 1. The topological polar surface area (TPSA) is 112 Å². The van der Waals surface area contributed by atoms with E-state index in [1.807, 2.05) is 54.9 Å². The van der Waals surface area contributed by atoms with Crippen LogP contribution in [0.4, 0.5) is 5.69 Å². The van der Waals surface area contributed by atoms with Gasteiger partial charge in [-0.1, -0.05) is 13.0 Å². The standard InChI is InChI=1S/C25H19N7OS/c1-2-21(33)29-15-10-14(11-26-12-15)17-5-6-18-22(30-17)16(13-28-18)25-31-19-7-8-27-24(23(19)32-25)20-4-3-9-34-20/h3-13,28H,2H2,1H3,(H,29,33)(H,31,32). The molecule has 6 heterocycles. The predicted octanol–water partition coefficient (Wildman–Crippen LogP) is 5.64. The maximum absolute atomic E-state index is 11.8. The van der Waals surface area contributed by atoms with Gasteiger partial charge < -0.3 is 15.3 Å². The van der Waals surface area contributed by atoms with Crippen molar-refractivity contribution in [3.8, 4) is 33.2 Å². The Bertz CT molecular complexity index is 1650. The van der Waals surface area contributed by atoms with Gasteiger partial charge >= 0.3 is 0 Å². The maximum atomic E-state index is 11.8. The zero-order valence-corrected chi connectivity index (χ0v) is 19.0. The van der Waals surface area contributed by atoms with Crippen molar-refractivity contribution < 1.29 is 4.79 Å². The second-order valence-electron chi connectivity index (χ2n) is 7.78. The molecule has 3 N–H and O–H groups in total. The smallest absolute Gasteiger partial charge is 0.224 e. The number of aromatic nitrogens is 6. The number of hydrogen-bond acceptors (Lipinski definition) is 6. The van der Waals surface area contributed by atoms with Crippen LogP contribution in [0.3, 0.4) is 0 Å². The van der Waals surface area contributed by atoms with E-state index in [0.717, 1.165) is 55.3 Å². The first-order valence-corrected chi connectivity index (χ1v) is 11.7. The van der Waals surface area contributed by atoms with E-state index in [4.69, 9.17) is 9.97 Å². The third-order valence-electron chi connectivity index (χ3n) is 5.57. The van der Waals surface area contributed by atoms with Gasteiger partial charge in [0, 0.05) is 30.6 Å². The molecule has 9 heteroatoms. The van der Waals surface area contributed by atoms with Crippen molar-refractivity contribution in [1.82, 2.24) is 29.9 Å². The van der Waals surface area contributed by atoms with Crippen LogP contribution in [0.5, 0.6) is 0 Å². The van der Waals surface area contributed by atoms with Crippen LogP contribution < -0.4 is 5.32 Å². The molecule has 0 radical (unpaired) electrons. The quantitative estimate of drug-likeness (QED) is 0.305. The number of anilines is 1. The lowest BCUT2D eigenvalue weighted by Gasteiger charge is -2.06. The summed E-state index contributed by atoms with van der Waals surface area (Å²) in [4.78, 5) is 38.2. The van der Waals surface area contributed by atoms with Crippen LogP contribution in [0, 0.1) is 0 Å². The van der Waals surface area contributed by atoms with Gasteiger partial charge in [0.25, 0.3) is 0 Å². The number of nitrogens with one attached hydrogen (secondary N) is 3. The number of carbonyl (C=O) groups excluding carboxylic acids is 1. The van der Waals surface area contributed by atoms with E-state index in [1.165, 1.54) is 0 Å². The molecular weight excluding hydrogens is 446 g/mol. The first-order chi connectivity index (χ1) is 16.7. The maximum Gasteiger partial charge on any atom is 0.224 e. The summed E-state index contributed by atoms with van der Waals surface area (Å²) in [6.07, 6.45) is 7.48. The molecule has 8 nitrogen and oxygen atoms in total. The molecule has 0 saturated heterocycles. The predicted molar refractivity (Wildman–Crippen MR) is 134 cm³/mol. The van der Waals surface area contributed by atoms with Crippen LogP contribution in [0.25, 0.3) is 55.3 Å². The Morgan fingerprint density at radius 2 is 2.03 bits per heavy atom. The molecule has 6 aromatic rings. The van der Waals surface area contributed by atoms with E-state index in [-0.39, 0.29) is 5.91 Å². The van der Waals surface area contributed by atoms with Gasteiger partial charge in [0.2, 0.25) is 5.91 Å². The number of pyridine rings is 3. The lowest BCUT2D eigenvalue weighted by atomic mass is 10.1.